The number of aliphatic hydroxyl groups excluding tert-OH is 1. The number of hydrogen-bond acceptors (Lipinski definition) is 4. The fraction of sp³-hybridized carbons (Fsp3) is 0.667. The Morgan fingerprint density at radius 3 is 2.64 bits per heavy atom. The largest absolute Gasteiger partial charge is 0.493 e. The van der Waals surface area contributed by atoms with Crippen LogP contribution in [0, 0.1) is 11.8 Å². The van der Waals surface area contributed by atoms with Gasteiger partial charge in [0.15, 0.2) is 11.5 Å². The molecule has 1 heterocycles. The number of rotatable bonds is 7. The molecule has 1 aromatic carbocycles. The van der Waals surface area contributed by atoms with E-state index in [-0.39, 0.29) is 6.10 Å². The van der Waals surface area contributed by atoms with Crippen molar-refractivity contribution in [1.82, 2.24) is 4.90 Å². The van der Waals surface area contributed by atoms with Gasteiger partial charge in [-0.25, -0.2) is 0 Å². The molecule has 22 heavy (non-hydrogen) atoms. The summed E-state index contributed by atoms with van der Waals surface area (Å²) >= 11 is 0. The van der Waals surface area contributed by atoms with Crippen LogP contribution in [-0.2, 0) is 6.54 Å². The summed E-state index contributed by atoms with van der Waals surface area (Å²) in [6, 6.07) is 6.15. The summed E-state index contributed by atoms with van der Waals surface area (Å²) in [6.07, 6.45) is 0.857. The van der Waals surface area contributed by atoms with Gasteiger partial charge in [0.25, 0.3) is 0 Å². The minimum absolute atomic E-state index is 0.217. The van der Waals surface area contributed by atoms with Crippen LogP contribution < -0.4 is 9.47 Å². The molecule has 1 saturated heterocycles. The molecule has 0 saturated carbocycles. The Hall–Kier alpha value is -1.26. The highest BCUT2D eigenvalue weighted by Gasteiger charge is 2.25. The van der Waals surface area contributed by atoms with Crippen LogP contribution in [0.4, 0.5) is 0 Å². The van der Waals surface area contributed by atoms with Crippen molar-refractivity contribution >= 4 is 0 Å². The number of hydrogen-bond donors (Lipinski definition) is 1. The Morgan fingerprint density at radius 1 is 1.27 bits per heavy atom. The molecule has 0 aliphatic carbocycles. The van der Waals surface area contributed by atoms with Crippen molar-refractivity contribution in [3.05, 3.63) is 23.8 Å². The van der Waals surface area contributed by atoms with E-state index in [0.29, 0.717) is 18.4 Å². The van der Waals surface area contributed by atoms with Crippen molar-refractivity contribution in [3.63, 3.8) is 0 Å². The molecule has 0 radical (unpaired) electrons. The van der Waals surface area contributed by atoms with Gasteiger partial charge in [0, 0.05) is 13.1 Å². The summed E-state index contributed by atoms with van der Waals surface area (Å²) < 4.78 is 11.2. The van der Waals surface area contributed by atoms with Crippen LogP contribution >= 0.6 is 0 Å². The smallest absolute Gasteiger partial charge is 0.161 e. The zero-order valence-electron chi connectivity index (χ0n) is 14.2. The summed E-state index contributed by atoms with van der Waals surface area (Å²) in [5.74, 6) is 2.49. The minimum Gasteiger partial charge on any atom is -0.493 e. The SMILES string of the molecule is COc1ccc(CN2CCC(C(C)O)C2)cc1OCC(C)C. The molecule has 0 aromatic heterocycles. The molecule has 2 rings (SSSR count). The molecule has 4 heteroatoms. The van der Waals surface area contributed by atoms with Gasteiger partial charge in [-0.1, -0.05) is 19.9 Å². The van der Waals surface area contributed by atoms with Crippen LogP contribution in [0.5, 0.6) is 11.5 Å². The van der Waals surface area contributed by atoms with Crippen molar-refractivity contribution in [2.45, 2.75) is 39.8 Å². The van der Waals surface area contributed by atoms with E-state index in [1.54, 1.807) is 7.11 Å². The zero-order valence-corrected chi connectivity index (χ0v) is 14.2. The van der Waals surface area contributed by atoms with Gasteiger partial charge in [-0.3, -0.25) is 4.90 Å². The van der Waals surface area contributed by atoms with Crippen molar-refractivity contribution in [1.29, 1.82) is 0 Å². The van der Waals surface area contributed by atoms with Crippen molar-refractivity contribution < 1.29 is 14.6 Å². The van der Waals surface area contributed by atoms with E-state index in [4.69, 9.17) is 9.47 Å². The Morgan fingerprint density at radius 2 is 2.05 bits per heavy atom. The maximum absolute atomic E-state index is 9.71. The van der Waals surface area contributed by atoms with Crippen LogP contribution in [0.1, 0.15) is 32.8 Å². The normalized spacial score (nSPS) is 20.4. The lowest BCUT2D eigenvalue weighted by Gasteiger charge is -2.19. The molecule has 1 aromatic rings. The lowest BCUT2D eigenvalue weighted by atomic mass is 10.0. The van der Waals surface area contributed by atoms with E-state index in [1.807, 2.05) is 13.0 Å². The highest BCUT2D eigenvalue weighted by atomic mass is 16.5. The van der Waals surface area contributed by atoms with Crippen molar-refractivity contribution in [2.75, 3.05) is 26.8 Å². The molecule has 0 amide bonds. The van der Waals surface area contributed by atoms with E-state index >= 15 is 0 Å². The average molecular weight is 307 g/mol. The first-order valence-corrected chi connectivity index (χ1v) is 8.19. The van der Waals surface area contributed by atoms with E-state index in [9.17, 15) is 5.11 Å². The van der Waals surface area contributed by atoms with E-state index < -0.39 is 0 Å². The number of likely N-dealkylation sites (tertiary alicyclic amines) is 1. The fourth-order valence-electron chi connectivity index (χ4n) is 2.85. The molecule has 0 bridgehead atoms. The predicted octanol–water partition coefficient (Wildman–Crippen LogP) is 2.93. The zero-order chi connectivity index (χ0) is 16.1. The summed E-state index contributed by atoms with van der Waals surface area (Å²) in [7, 11) is 1.67. The van der Waals surface area contributed by atoms with Crippen LogP contribution in [0.3, 0.4) is 0 Å². The molecule has 4 nitrogen and oxygen atoms in total. The topological polar surface area (TPSA) is 41.9 Å². The second-order valence-corrected chi connectivity index (χ2v) is 6.71. The Bertz CT molecular complexity index is 473. The van der Waals surface area contributed by atoms with E-state index in [0.717, 1.165) is 37.6 Å². The Kier molecular flexibility index (Phi) is 6.09. The molecule has 1 aliphatic rings. The molecule has 2 unspecified atom stereocenters. The van der Waals surface area contributed by atoms with Crippen LogP contribution in [-0.4, -0.2) is 42.9 Å². The highest BCUT2D eigenvalue weighted by molar-refractivity contribution is 5.43. The maximum atomic E-state index is 9.71. The van der Waals surface area contributed by atoms with Crippen LogP contribution in [0.15, 0.2) is 18.2 Å². The molecule has 0 spiro atoms. The molecule has 124 valence electrons. The monoisotopic (exact) mass is 307 g/mol. The number of aliphatic hydroxyl groups is 1. The first kappa shape index (κ1) is 17.1. The van der Waals surface area contributed by atoms with Gasteiger partial charge >= 0.3 is 0 Å². The van der Waals surface area contributed by atoms with Crippen molar-refractivity contribution in [3.8, 4) is 11.5 Å². The highest BCUT2D eigenvalue weighted by Crippen LogP contribution is 2.30. The summed E-state index contributed by atoms with van der Waals surface area (Å²) in [5.41, 5.74) is 1.23. The second-order valence-electron chi connectivity index (χ2n) is 6.71. The van der Waals surface area contributed by atoms with Gasteiger partial charge in [-0.05, 0) is 49.4 Å². The van der Waals surface area contributed by atoms with E-state index in [1.165, 1.54) is 5.56 Å². The number of methoxy groups -OCH3 is 1. The second kappa shape index (κ2) is 7.84. The average Bonchev–Trinajstić information content (AvgIpc) is 2.94. The Balaban J connectivity index is 2.01. The molecular formula is C18H29NO3. The number of ether oxygens (including phenoxy) is 2. The molecule has 2 atom stereocenters. The lowest BCUT2D eigenvalue weighted by molar-refractivity contribution is 0.127. The summed E-state index contributed by atoms with van der Waals surface area (Å²) in [6.45, 7) is 9.75. The first-order valence-electron chi connectivity index (χ1n) is 8.19. The molecule has 1 N–H and O–H groups in total. The van der Waals surface area contributed by atoms with Crippen LogP contribution in [0.25, 0.3) is 0 Å². The predicted molar refractivity (Wildman–Crippen MR) is 88.4 cm³/mol. The van der Waals surface area contributed by atoms with Gasteiger partial charge in [-0.2, -0.15) is 0 Å². The standard InChI is InChI=1S/C18H29NO3/c1-13(2)12-22-18-9-15(5-6-17(18)21-4)10-19-8-7-16(11-19)14(3)20/h5-6,9,13-14,16,20H,7-8,10-12H2,1-4H3. The summed E-state index contributed by atoms with van der Waals surface area (Å²) in [4.78, 5) is 2.39. The van der Waals surface area contributed by atoms with Gasteiger partial charge in [0.2, 0.25) is 0 Å². The van der Waals surface area contributed by atoms with Gasteiger partial charge in [-0.15, -0.1) is 0 Å². The van der Waals surface area contributed by atoms with Gasteiger partial charge in [0.05, 0.1) is 19.8 Å². The maximum Gasteiger partial charge on any atom is 0.161 e. The lowest BCUT2D eigenvalue weighted by Crippen LogP contribution is -2.24. The summed E-state index contributed by atoms with van der Waals surface area (Å²) in [5, 5.41) is 9.71. The first-order chi connectivity index (χ1) is 10.5. The van der Waals surface area contributed by atoms with Crippen molar-refractivity contribution in [2.24, 2.45) is 11.8 Å². The molecule has 1 fully saturated rings. The van der Waals surface area contributed by atoms with Gasteiger partial charge in [0.1, 0.15) is 0 Å². The number of benzene rings is 1. The molecular weight excluding hydrogens is 278 g/mol. The van der Waals surface area contributed by atoms with Gasteiger partial charge < -0.3 is 14.6 Å². The number of nitrogens with zero attached hydrogens (tertiary/aromatic N) is 1. The van der Waals surface area contributed by atoms with E-state index in [2.05, 4.69) is 30.9 Å². The minimum atomic E-state index is -0.217. The fourth-order valence-corrected chi connectivity index (χ4v) is 2.85. The third-order valence-corrected chi connectivity index (χ3v) is 4.20. The third kappa shape index (κ3) is 4.62. The third-order valence-electron chi connectivity index (χ3n) is 4.20. The van der Waals surface area contributed by atoms with Crippen LogP contribution in [0.2, 0.25) is 0 Å². The quantitative estimate of drug-likeness (QED) is 0.841. The Labute approximate surface area is 134 Å². The molecule has 1 aliphatic heterocycles.